The van der Waals surface area contributed by atoms with Gasteiger partial charge in [-0.25, -0.2) is 0 Å². The van der Waals surface area contributed by atoms with Crippen molar-refractivity contribution in [2.45, 2.75) is 19.5 Å². The maximum atomic E-state index is 13.2. The quantitative estimate of drug-likeness (QED) is 0.381. The van der Waals surface area contributed by atoms with Crippen LogP contribution in [0.1, 0.15) is 27.0 Å². The summed E-state index contributed by atoms with van der Waals surface area (Å²) < 4.78 is 44.6. The summed E-state index contributed by atoms with van der Waals surface area (Å²) in [6.45, 7) is 1.87. The van der Waals surface area contributed by atoms with Gasteiger partial charge in [0.05, 0.1) is 17.5 Å². The minimum atomic E-state index is -4.66. The molecule has 8 heteroatoms. The average molecular weight is 448 g/mol. The van der Waals surface area contributed by atoms with Crippen molar-refractivity contribution in [2.75, 3.05) is 5.32 Å². The van der Waals surface area contributed by atoms with Gasteiger partial charge in [-0.1, -0.05) is 41.4 Å². The second-order valence-corrected chi connectivity index (χ2v) is 7.24. The highest BCUT2D eigenvalue weighted by molar-refractivity contribution is 6.30. The number of halogens is 4. The fraction of sp³-hybridized carbons (Fsp3) is 0.130. The van der Waals surface area contributed by atoms with E-state index in [4.69, 9.17) is 16.3 Å². The average Bonchev–Trinajstić information content (AvgIpc) is 2.70. The second-order valence-electron chi connectivity index (χ2n) is 6.81. The SMILES string of the molecule is Cc1ccc(NC(=O)c2ccc(C(F)(F)F)cc2OC(=O)Cc2ccc(Cl)cc2)cc1. The Hall–Kier alpha value is -3.32. The van der Waals surface area contributed by atoms with Crippen molar-refractivity contribution in [1.29, 1.82) is 0 Å². The van der Waals surface area contributed by atoms with Crippen molar-refractivity contribution in [3.05, 3.63) is 94.0 Å². The molecule has 3 aromatic rings. The van der Waals surface area contributed by atoms with Crippen LogP contribution in [0.4, 0.5) is 18.9 Å². The summed E-state index contributed by atoms with van der Waals surface area (Å²) in [6.07, 6.45) is -4.87. The Bertz CT molecular complexity index is 1090. The monoisotopic (exact) mass is 447 g/mol. The van der Waals surface area contributed by atoms with E-state index >= 15 is 0 Å². The molecule has 0 aliphatic carbocycles. The van der Waals surface area contributed by atoms with E-state index in [-0.39, 0.29) is 12.0 Å². The zero-order valence-corrected chi connectivity index (χ0v) is 17.1. The fourth-order valence-electron chi connectivity index (χ4n) is 2.73. The van der Waals surface area contributed by atoms with Crippen LogP contribution >= 0.6 is 11.6 Å². The van der Waals surface area contributed by atoms with Gasteiger partial charge in [-0.3, -0.25) is 9.59 Å². The smallest absolute Gasteiger partial charge is 0.416 e. The first kappa shape index (κ1) is 22.4. The van der Waals surface area contributed by atoms with Crippen molar-refractivity contribution in [3.8, 4) is 5.75 Å². The van der Waals surface area contributed by atoms with Crippen LogP contribution < -0.4 is 10.1 Å². The number of nitrogens with one attached hydrogen (secondary N) is 1. The van der Waals surface area contributed by atoms with E-state index in [0.717, 1.165) is 17.7 Å². The number of amides is 1. The van der Waals surface area contributed by atoms with E-state index in [1.807, 2.05) is 6.92 Å². The van der Waals surface area contributed by atoms with Gasteiger partial charge in [0.25, 0.3) is 5.91 Å². The molecule has 0 heterocycles. The van der Waals surface area contributed by atoms with Crippen molar-refractivity contribution in [3.63, 3.8) is 0 Å². The number of esters is 1. The second kappa shape index (κ2) is 9.22. The molecule has 160 valence electrons. The van der Waals surface area contributed by atoms with E-state index in [1.165, 1.54) is 0 Å². The molecule has 0 aliphatic heterocycles. The van der Waals surface area contributed by atoms with Crippen LogP contribution in [0.3, 0.4) is 0 Å². The lowest BCUT2D eigenvalue weighted by Crippen LogP contribution is -2.18. The zero-order chi connectivity index (χ0) is 22.6. The first-order valence-electron chi connectivity index (χ1n) is 9.16. The molecule has 4 nitrogen and oxygen atoms in total. The van der Waals surface area contributed by atoms with E-state index in [1.54, 1.807) is 48.5 Å². The predicted molar refractivity (Wildman–Crippen MR) is 111 cm³/mol. The number of ether oxygens (including phenoxy) is 1. The first-order valence-corrected chi connectivity index (χ1v) is 9.54. The summed E-state index contributed by atoms with van der Waals surface area (Å²) in [7, 11) is 0. The highest BCUT2D eigenvalue weighted by Crippen LogP contribution is 2.33. The largest absolute Gasteiger partial charge is 0.425 e. The Labute approximate surface area is 181 Å². The number of rotatable bonds is 5. The van der Waals surface area contributed by atoms with Gasteiger partial charge in [-0.15, -0.1) is 0 Å². The topological polar surface area (TPSA) is 55.4 Å². The number of carbonyl (C=O) groups is 2. The van der Waals surface area contributed by atoms with E-state index < -0.39 is 29.4 Å². The summed E-state index contributed by atoms with van der Waals surface area (Å²) >= 11 is 5.80. The molecule has 0 spiro atoms. The molecule has 3 rings (SSSR count). The number of hydrogen-bond donors (Lipinski definition) is 1. The Morgan fingerprint density at radius 3 is 2.23 bits per heavy atom. The van der Waals surface area contributed by atoms with Crippen molar-refractivity contribution in [2.24, 2.45) is 0 Å². The lowest BCUT2D eigenvalue weighted by atomic mass is 10.1. The molecule has 1 amide bonds. The van der Waals surface area contributed by atoms with Gasteiger partial charge in [0.2, 0.25) is 0 Å². The van der Waals surface area contributed by atoms with Crippen LogP contribution in [0, 0.1) is 6.92 Å². The van der Waals surface area contributed by atoms with E-state index in [2.05, 4.69) is 5.32 Å². The standard InChI is InChI=1S/C23H17ClF3NO3/c1-14-2-9-18(10-3-14)28-22(30)19-11-6-16(23(25,26)27)13-20(19)31-21(29)12-15-4-7-17(24)8-5-15/h2-11,13H,12H2,1H3,(H,28,30). The van der Waals surface area contributed by atoms with E-state index in [0.29, 0.717) is 22.3 Å². The summed E-state index contributed by atoms with van der Waals surface area (Å²) in [5.41, 5.74) is 0.761. The van der Waals surface area contributed by atoms with Crippen molar-refractivity contribution in [1.82, 2.24) is 0 Å². The summed E-state index contributed by atoms with van der Waals surface area (Å²) in [6, 6.07) is 15.6. The van der Waals surface area contributed by atoms with Crippen LogP contribution in [-0.2, 0) is 17.4 Å². The molecule has 0 saturated heterocycles. The molecule has 0 radical (unpaired) electrons. The predicted octanol–water partition coefficient (Wildman–Crippen LogP) is 6.07. The molecule has 0 fully saturated rings. The maximum absolute atomic E-state index is 13.2. The Kier molecular flexibility index (Phi) is 6.65. The van der Waals surface area contributed by atoms with Gasteiger partial charge >= 0.3 is 12.1 Å². The van der Waals surface area contributed by atoms with Crippen molar-refractivity contribution >= 4 is 29.2 Å². The van der Waals surface area contributed by atoms with Gasteiger partial charge in [0.15, 0.2) is 0 Å². The lowest BCUT2D eigenvalue weighted by molar-refractivity contribution is -0.139. The van der Waals surface area contributed by atoms with Gasteiger partial charge in [-0.2, -0.15) is 13.2 Å². The Balaban J connectivity index is 1.86. The van der Waals surface area contributed by atoms with Crippen LogP contribution in [0.5, 0.6) is 5.75 Å². The molecule has 0 bridgehead atoms. The van der Waals surface area contributed by atoms with Crippen LogP contribution in [0.2, 0.25) is 5.02 Å². The van der Waals surface area contributed by atoms with E-state index in [9.17, 15) is 22.8 Å². The number of hydrogen-bond acceptors (Lipinski definition) is 3. The third-order valence-electron chi connectivity index (χ3n) is 4.35. The molecule has 0 atom stereocenters. The third kappa shape index (κ3) is 6.08. The molecule has 1 N–H and O–H groups in total. The molecule has 3 aromatic carbocycles. The third-order valence-corrected chi connectivity index (χ3v) is 4.60. The zero-order valence-electron chi connectivity index (χ0n) is 16.3. The van der Waals surface area contributed by atoms with Gasteiger partial charge < -0.3 is 10.1 Å². The summed E-state index contributed by atoms with van der Waals surface area (Å²) in [5.74, 6) is -1.99. The highest BCUT2D eigenvalue weighted by atomic mass is 35.5. The van der Waals surface area contributed by atoms with Crippen LogP contribution in [0.25, 0.3) is 0 Å². The molecular formula is C23H17ClF3NO3. The molecule has 0 aliphatic rings. The summed E-state index contributed by atoms with van der Waals surface area (Å²) in [5, 5.41) is 3.06. The maximum Gasteiger partial charge on any atom is 0.416 e. The Morgan fingerprint density at radius 2 is 1.61 bits per heavy atom. The molecule has 0 aromatic heterocycles. The van der Waals surface area contributed by atoms with Gasteiger partial charge in [-0.05, 0) is 55.0 Å². The number of carbonyl (C=O) groups excluding carboxylic acids is 2. The fourth-order valence-corrected chi connectivity index (χ4v) is 2.86. The first-order chi connectivity index (χ1) is 14.6. The van der Waals surface area contributed by atoms with Gasteiger partial charge in [0, 0.05) is 10.7 Å². The van der Waals surface area contributed by atoms with Crippen LogP contribution in [-0.4, -0.2) is 11.9 Å². The summed E-state index contributed by atoms with van der Waals surface area (Å²) in [4.78, 5) is 25.0. The number of benzene rings is 3. The number of aryl methyl sites for hydroxylation is 1. The van der Waals surface area contributed by atoms with Crippen LogP contribution in [0.15, 0.2) is 66.7 Å². The number of anilines is 1. The lowest BCUT2D eigenvalue weighted by Gasteiger charge is -2.14. The number of alkyl halides is 3. The highest BCUT2D eigenvalue weighted by Gasteiger charge is 2.32. The molecule has 31 heavy (non-hydrogen) atoms. The molecular weight excluding hydrogens is 431 g/mol. The Morgan fingerprint density at radius 1 is 0.968 bits per heavy atom. The van der Waals surface area contributed by atoms with Gasteiger partial charge in [0.1, 0.15) is 5.75 Å². The van der Waals surface area contributed by atoms with Crippen molar-refractivity contribution < 1.29 is 27.5 Å². The molecule has 0 saturated carbocycles. The minimum Gasteiger partial charge on any atom is -0.425 e. The minimum absolute atomic E-state index is 0.196. The normalized spacial score (nSPS) is 11.1. The molecule has 0 unspecified atom stereocenters.